The van der Waals surface area contributed by atoms with Crippen molar-refractivity contribution in [3.8, 4) is 11.1 Å². The average molecular weight is 412 g/mol. The number of aromatic nitrogens is 2. The molecule has 7 heteroatoms. The monoisotopic (exact) mass is 411 g/mol. The maximum absolute atomic E-state index is 12.8. The smallest absolute Gasteiger partial charge is 0.269 e. The summed E-state index contributed by atoms with van der Waals surface area (Å²) in [5.41, 5.74) is 3.91. The van der Waals surface area contributed by atoms with E-state index >= 15 is 0 Å². The van der Waals surface area contributed by atoms with Gasteiger partial charge >= 0.3 is 0 Å². The van der Waals surface area contributed by atoms with E-state index in [4.69, 9.17) is 0 Å². The lowest BCUT2D eigenvalue weighted by Crippen LogP contribution is -2.49. The topological polar surface area (TPSA) is 73.1 Å². The first kappa shape index (κ1) is 19.7. The van der Waals surface area contributed by atoms with Crippen molar-refractivity contribution >= 4 is 10.0 Å². The Hall–Kier alpha value is -2.64. The summed E-state index contributed by atoms with van der Waals surface area (Å²) in [5.74, 6) is 0. The molecule has 0 spiro atoms. The van der Waals surface area contributed by atoms with Crippen LogP contribution in [0.1, 0.15) is 23.6 Å². The Morgan fingerprint density at radius 1 is 1.07 bits per heavy atom. The number of aryl methyl sites for hydroxylation is 2. The molecule has 6 nitrogen and oxygen atoms in total. The summed E-state index contributed by atoms with van der Waals surface area (Å²) >= 11 is 0. The fourth-order valence-electron chi connectivity index (χ4n) is 4.18. The van der Waals surface area contributed by atoms with Crippen molar-refractivity contribution in [2.45, 2.75) is 38.4 Å². The van der Waals surface area contributed by atoms with Crippen molar-refractivity contribution < 1.29 is 8.42 Å². The molecule has 1 aliphatic rings. The molecular formula is C22H25N3O3S. The van der Waals surface area contributed by atoms with Crippen LogP contribution in [-0.4, -0.2) is 30.1 Å². The molecule has 1 aliphatic heterocycles. The first-order valence-corrected chi connectivity index (χ1v) is 11.6. The third-order valence-corrected chi connectivity index (χ3v) is 6.19. The van der Waals surface area contributed by atoms with Crippen LogP contribution in [0.2, 0.25) is 0 Å². The van der Waals surface area contributed by atoms with Gasteiger partial charge in [0.15, 0.2) is 0 Å². The van der Waals surface area contributed by atoms with Crippen molar-refractivity contribution in [1.82, 2.24) is 14.1 Å². The van der Waals surface area contributed by atoms with E-state index in [0.29, 0.717) is 24.9 Å². The van der Waals surface area contributed by atoms with E-state index in [1.165, 1.54) is 6.26 Å². The average Bonchev–Trinajstić information content (AvgIpc) is 2.98. The molecule has 1 N–H and O–H groups in total. The third-order valence-electron chi connectivity index (χ3n) is 5.46. The zero-order valence-corrected chi connectivity index (χ0v) is 17.4. The maximum Gasteiger partial charge on any atom is 0.269 e. The van der Waals surface area contributed by atoms with Gasteiger partial charge in [-0.1, -0.05) is 54.6 Å². The van der Waals surface area contributed by atoms with Gasteiger partial charge in [0.1, 0.15) is 0 Å². The van der Waals surface area contributed by atoms with Crippen LogP contribution >= 0.6 is 0 Å². The van der Waals surface area contributed by atoms with Crippen LogP contribution in [0.4, 0.5) is 0 Å². The number of benzene rings is 2. The first-order chi connectivity index (χ1) is 13.8. The van der Waals surface area contributed by atoms with Gasteiger partial charge in [0.05, 0.1) is 12.3 Å². The fourth-order valence-corrected chi connectivity index (χ4v) is 5.00. The Morgan fingerprint density at radius 2 is 1.79 bits per heavy atom. The molecule has 1 aromatic heterocycles. The molecule has 2 aromatic carbocycles. The van der Waals surface area contributed by atoms with Gasteiger partial charge in [-0.05, 0) is 36.5 Å². The van der Waals surface area contributed by atoms with E-state index < -0.39 is 10.0 Å². The van der Waals surface area contributed by atoms with Crippen molar-refractivity contribution in [1.29, 1.82) is 0 Å². The molecule has 0 bridgehead atoms. The van der Waals surface area contributed by atoms with Gasteiger partial charge in [0.2, 0.25) is 10.0 Å². The van der Waals surface area contributed by atoms with Crippen molar-refractivity contribution in [3.63, 3.8) is 0 Å². The second kappa shape index (κ2) is 7.65. The molecule has 3 aromatic rings. The van der Waals surface area contributed by atoms with Crippen LogP contribution in [0.25, 0.3) is 11.1 Å². The highest BCUT2D eigenvalue weighted by Crippen LogP contribution is 2.27. The van der Waals surface area contributed by atoms with Gasteiger partial charge in [-0.15, -0.1) is 0 Å². The van der Waals surface area contributed by atoms with Crippen LogP contribution in [0.3, 0.4) is 0 Å². The molecule has 4 rings (SSSR count). The molecule has 0 fully saturated rings. The molecule has 152 valence electrons. The number of sulfonamides is 1. The molecule has 0 amide bonds. The Kier molecular flexibility index (Phi) is 5.19. The fraction of sp³-hybridized carbons (Fsp3) is 0.318. The standard InChI is InChI=1S/C22H25N3O3S/c1-16-15-24-12-11-20(23-29(2,27)28)21(25(24)22(16)26)14-17-7-6-10-19(13-17)18-8-4-3-5-9-18/h3-10,13,15,20-21,23H,11-12,14H2,1-2H3. The summed E-state index contributed by atoms with van der Waals surface area (Å²) in [6.07, 6.45) is 4.23. The maximum atomic E-state index is 12.8. The van der Waals surface area contributed by atoms with Crippen LogP contribution in [0.5, 0.6) is 0 Å². The zero-order chi connectivity index (χ0) is 20.6. The molecule has 0 aliphatic carbocycles. The van der Waals surface area contributed by atoms with Gasteiger partial charge in [0.25, 0.3) is 5.56 Å². The molecule has 0 radical (unpaired) electrons. The molecule has 0 saturated heterocycles. The number of fused-ring (bicyclic) bond motifs is 1. The van der Waals surface area contributed by atoms with E-state index in [1.807, 2.05) is 41.2 Å². The Labute approximate surface area is 170 Å². The van der Waals surface area contributed by atoms with Crippen LogP contribution in [-0.2, 0) is 23.0 Å². The number of hydrogen-bond donors (Lipinski definition) is 1. The predicted octanol–water partition coefficient (Wildman–Crippen LogP) is 2.73. The summed E-state index contributed by atoms with van der Waals surface area (Å²) < 4.78 is 30.3. The van der Waals surface area contributed by atoms with E-state index in [0.717, 1.165) is 16.7 Å². The highest BCUT2D eigenvalue weighted by Gasteiger charge is 2.33. The second-order valence-corrected chi connectivity index (χ2v) is 9.53. The summed E-state index contributed by atoms with van der Waals surface area (Å²) in [6.45, 7) is 2.41. The van der Waals surface area contributed by atoms with Gasteiger partial charge in [-0.3, -0.25) is 9.48 Å². The predicted molar refractivity (Wildman–Crippen MR) is 114 cm³/mol. The first-order valence-electron chi connectivity index (χ1n) is 9.72. The number of rotatable bonds is 5. The minimum absolute atomic E-state index is 0.0609. The molecule has 2 atom stereocenters. The summed E-state index contributed by atoms with van der Waals surface area (Å²) in [7, 11) is -3.38. The molecule has 0 saturated carbocycles. The largest absolute Gasteiger partial charge is 0.289 e. The SMILES string of the molecule is Cc1cn2n(c1=O)C(Cc1cccc(-c3ccccc3)c1)C(NS(C)(=O)=O)CC2. The molecule has 2 heterocycles. The van der Waals surface area contributed by atoms with Gasteiger partial charge in [-0.25, -0.2) is 17.8 Å². The summed E-state index contributed by atoms with van der Waals surface area (Å²) in [6, 6.07) is 17.7. The van der Waals surface area contributed by atoms with Crippen LogP contribution in [0, 0.1) is 6.92 Å². The quantitative estimate of drug-likeness (QED) is 0.702. The van der Waals surface area contributed by atoms with Crippen molar-refractivity contribution in [2.75, 3.05) is 6.26 Å². The van der Waals surface area contributed by atoms with Gasteiger partial charge in [-0.2, -0.15) is 0 Å². The zero-order valence-electron chi connectivity index (χ0n) is 16.6. The highest BCUT2D eigenvalue weighted by atomic mass is 32.2. The lowest BCUT2D eigenvalue weighted by molar-refractivity contribution is 0.228. The Balaban J connectivity index is 1.72. The van der Waals surface area contributed by atoms with Gasteiger partial charge < -0.3 is 0 Å². The molecule has 29 heavy (non-hydrogen) atoms. The Bertz CT molecular complexity index is 1180. The minimum atomic E-state index is -3.38. The summed E-state index contributed by atoms with van der Waals surface area (Å²) in [4.78, 5) is 12.8. The van der Waals surface area contributed by atoms with E-state index in [9.17, 15) is 13.2 Å². The van der Waals surface area contributed by atoms with Crippen molar-refractivity contribution in [3.05, 3.63) is 82.3 Å². The normalized spacial score (nSPS) is 19.1. The number of nitrogens with zero attached hydrogens (tertiary/aromatic N) is 2. The van der Waals surface area contributed by atoms with Crippen molar-refractivity contribution in [2.24, 2.45) is 0 Å². The van der Waals surface area contributed by atoms with Crippen LogP contribution < -0.4 is 10.3 Å². The minimum Gasteiger partial charge on any atom is -0.289 e. The number of hydrogen-bond acceptors (Lipinski definition) is 3. The second-order valence-electron chi connectivity index (χ2n) is 7.75. The number of nitrogens with one attached hydrogen (secondary N) is 1. The van der Waals surface area contributed by atoms with E-state index in [2.05, 4.69) is 29.0 Å². The lowest BCUT2D eigenvalue weighted by atomic mass is 9.94. The van der Waals surface area contributed by atoms with E-state index in [1.54, 1.807) is 11.6 Å². The van der Waals surface area contributed by atoms with Crippen LogP contribution in [0.15, 0.2) is 65.6 Å². The molecule has 2 unspecified atom stereocenters. The lowest BCUT2D eigenvalue weighted by Gasteiger charge is -2.34. The third kappa shape index (κ3) is 4.21. The summed E-state index contributed by atoms with van der Waals surface area (Å²) in [5, 5.41) is 0. The van der Waals surface area contributed by atoms with E-state index in [-0.39, 0.29) is 17.6 Å². The van der Waals surface area contributed by atoms with Gasteiger partial charge in [0, 0.05) is 24.3 Å². The molecular weight excluding hydrogens is 386 g/mol. The highest BCUT2D eigenvalue weighted by molar-refractivity contribution is 7.88. The Morgan fingerprint density at radius 3 is 2.52 bits per heavy atom.